The molecule has 6 nitrogen and oxygen atoms in total. The smallest absolute Gasteiger partial charge is 0.268 e. The van der Waals surface area contributed by atoms with E-state index in [9.17, 15) is 23.1 Å². The van der Waals surface area contributed by atoms with E-state index >= 15 is 0 Å². The Kier molecular flexibility index (Phi) is 4.65. The number of rotatable bonds is 5. The van der Waals surface area contributed by atoms with Crippen molar-refractivity contribution < 1.29 is 18.3 Å². The molecule has 1 N–H and O–H groups in total. The van der Waals surface area contributed by atoms with E-state index in [0.29, 0.717) is 5.75 Å². The van der Waals surface area contributed by atoms with E-state index in [4.69, 9.17) is 4.74 Å². The van der Waals surface area contributed by atoms with Crippen molar-refractivity contribution in [3.05, 3.63) is 68.5 Å². The van der Waals surface area contributed by atoms with Crippen molar-refractivity contribution in [1.29, 1.82) is 0 Å². The first-order valence-corrected chi connectivity index (χ1v) is 9.72. The number of ether oxygens (including phenoxy) is 1. The van der Waals surface area contributed by atoms with Crippen LogP contribution in [0.5, 0.6) is 11.5 Å². The van der Waals surface area contributed by atoms with Gasteiger partial charge in [-0.25, -0.2) is 8.42 Å². The number of hydrogen-bond donors (Lipinski definition) is 1. The minimum absolute atomic E-state index is 0.0139. The summed E-state index contributed by atoms with van der Waals surface area (Å²) in [4.78, 5) is 23.3. The van der Waals surface area contributed by atoms with Crippen LogP contribution in [0, 0.1) is 0 Å². The molecular formula is C20H18O6S. The van der Waals surface area contributed by atoms with Crippen molar-refractivity contribution >= 4 is 9.84 Å². The molecular weight excluding hydrogens is 368 g/mol. The molecule has 140 valence electrons. The van der Waals surface area contributed by atoms with E-state index in [2.05, 4.69) is 0 Å². The zero-order valence-corrected chi connectivity index (χ0v) is 15.8. The second-order valence-corrected chi connectivity index (χ2v) is 8.39. The molecule has 3 rings (SSSR count). The maximum Gasteiger partial charge on any atom is 0.268 e. The summed E-state index contributed by atoms with van der Waals surface area (Å²) >= 11 is 0. The summed E-state index contributed by atoms with van der Waals surface area (Å²) in [6.45, 7) is 3.83. The van der Waals surface area contributed by atoms with Crippen molar-refractivity contribution in [1.82, 2.24) is 0 Å². The largest absolute Gasteiger partial charge is 0.503 e. The zero-order chi connectivity index (χ0) is 19.9. The summed E-state index contributed by atoms with van der Waals surface area (Å²) in [5.74, 6) is -0.133. The maximum atomic E-state index is 13.1. The molecule has 3 aromatic rings. The van der Waals surface area contributed by atoms with Gasteiger partial charge in [0.25, 0.3) is 5.43 Å². The van der Waals surface area contributed by atoms with Crippen LogP contribution in [0.3, 0.4) is 0 Å². The quantitative estimate of drug-likeness (QED) is 0.677. The van der Waals surface area contributed by atoms with Gasteiger partial charge in [0.15, 0.2) is 5.75 Å². The fourth-order valence-corrected chi connectivity index (χ4v) is 4.29. The van der Waals surface area contributed by atoms with Crippen LogP contribution >= 0.6 is 0 Å². The summed E-state index contributed by atoms with van der Waals surface area (Å²) in [7, 11) is -2.51. The topological polar surface area (TPSA) is 97.7 Å². The Morgan fingerprint density at radius 1 is 0.963 bits per heavy atom. The molecule has 0 bridgehead atoms. The highest BCUT2D eigenvalue weighted by Crippen LogP contribution is 2.36. The van der Waals surface area contributed by atoms with Crippen LogP contribution in [-0.2, 0) is 9.84 Å². The monoisotopic (exact) mass is 386 g/mol. The summed E-state index contributed by atoms with van der Waals surface area (Å²) in [6.07, 6.45) is 0. The van der Waals surface area contributed by atoms with Crippen molar-refractivity contribution in [3.63, 3.8) is 0 Å². The Bertz CT molecular complexity index is 1180. The van der Waals surface area contributed by atoms with Gasteiger partial charge < -0.3 is 9.84 Å². The molecule has 27 heavy (non-hydrogen) atoms. The summed E-state index contributed by atoms with van der Waals surface area (Å²) in [5.41, 5.74) is -1.33. The lowest BCUT2D eigenvalue weighted by Crippen LogP contribution is -2.32. The summed E-state index contributed by atoms with van der Waals surface area (Å²) in [5, 5.41) is 9.86. The lowest BCUT2D eigenvalue weighted by atomic mass is 9.94. The molecule has 0 aromatic heterocycles. The highest BCUT2D eigenvalue weighted by Gasteiger charge is 2.29. The molecule has 0 heterocycles. The Morgan fingerprint density at radius 3 is 2.11 bits per heavy atom. The van der Waals surface area contributed by atoms with Gasteiger partial charge in [0.1, 0.15) is 5.75 Å². The van der Waals surface area contributed by atoms with Crippen LogP contribution < -0.4 is 15.6 Å². The summed E-state index contributed by atoms with van der Waals surface area (Å²) in [6, 6.07) is 10.4. The normalized spacial score (nSPS) is 11.9. The number of sulfone groups is 1. The number of aromatic hydroxyl groups is 1. The lowest BCUT2D eigenvalue weighted by molar-refractivity contribution is 0.414. The van der Waals surface area contributed by atoms with Crippen LogP contribution in [-0.4, -0.2) is 20.6 Å². The first-order chi connectivity index (χ1) is 12.7. The molecule has 0 spiro atoms. The molecule has 0 amide bonds. The van der Waals surface area contributed by atoms with E-state index in [1.54, 1.807) is 6.07 Å². The second kappa shape index (κ2) is 6.66. The molecule has 0 saturated carbocycles. The number of hydrogen-bond acceptors (Lipinski definition) is 6. The number of methoxy groups -OCH3 is 1. The van der Waals surface area contributed by atoms with Crippen molar-refractivity contribution in [2.45, 2.75) is 29.6 Å². The third-order valence-electron chi connectivity index (χ3n) is 4.48. The molecule has 0 aliphatic heterocycles. The van der Waals surface area contributed by atoms with Gasteiger partial charge in [0.2, 0.25) is 15.3 Å². The molecule has 0 radical (unpaired) electrons. The molecule has 0 fully saturated rings. The average molecular weight is 386 g/mol. The van der Waals surface area contributed by atoms with E-state index in [-0.39, 0.29) is 26.8 Å². The van der Waals surface area contributed by atoms with E-state index < -0.39 is 26.4 Å². The Labute approximate surface area is 156 Å². The van der Waals surface area contributed by atoms with Gasteiger partial charge in [-0.1, -0.05) is 19.9 Å². The van der Waals surface area contributed by atoms with E-state index in [1.165, 1.54) is 43.5 Å². The summed E-state index contributed by atoms with van der Waals surface area (Å²) < 4.78 is 31.3. The van der Waals surface area contributed by atoms with Gasteiger partial charge in [-0.2, -0.15) is 0 Å². The van der Waals surface area contributed by atoms with E-state index in [1.807, 2.05) is 13.8 Å². The predicted molar refractivity (Wildman–Crippen MR) is 101 cm³/mol. The highest BCUT2D eigenvalue weighted by molar-refractivity contribution is 7.91. The third kappa shape index (κ3) is 3.04. The van der Waals surface area contributed by atoms with Crippen molar-refractivity contribution in [2.75, 3.05) is 7.11 Å². The predicted octanol–water partition coefficient (Wildman–Crippen LogP) is 2.62. The van der Waals surface area contributed by atoms with Crippen molar-refractivity contribution in [3.8, 4) is 22.6 Å². The van der Waals surface area contributed by atoms with Crippen LogP contribution in [0.2, 0.25) is 0 Å². The van der Waals surface area contributed by atoms with Crippen LogP contribution in [0.25, 0.3) is 11.1 Å². The van der Waals surface area contributed by atoms with Crippen LogP contribution in [0.4, 0.5) is 0 Å². The molecule has 7 heteroatoms. The van der Waals surface area contributed by atoms with Gasteiger partial charge in [-0.15, -0.1) is 0 Å². The Hall–Kier alpha value is -2.93. The van der Waals surface area contributed by atoms with Gasteiger partial charge in [-0.3, -0.25) is 9.59 Å². The van der Waals surface area contributed by atoms with Crippen LogP contribution in [0.1, 0.15) is 25.3 Å². The van der Waals surface area contributed by atoms with Crippen molar-refractivity contribution in [2.24, 2.45) is 0 Å². The Balaban J connectivity index is 2.26. The highest BCUT2D eigenvalue weighted by atomic mass is 32.2. The van der Waals surface area contributed by atoms with Gasteiger partial charge >= 0.3 is 0 Å². The first-order valence-electron chi connectivity index (χ1n) is 8.24. The Morgan fingerprint density at radius 2 is 1.59 bits per heavy atom. The minimum atomic E-state index is -3.99. The van der Waals surface area contributed by atoms with Gasteiger partial charge in [0.05, 0.1) is 22.5 Å². The fraction of sp³-hybridized carbons (Fsp3) is 0.200. The standard InChI is InChI=1S/C20H18O6S/c1-11(2)12-4-9-16(15(10-12)17-18(21)20(23)19(17)22)27(24,25)14-7-5-13(26-3)6-8-14/h4-11,21H,1-3H3. The molecule has 0 saturated heterocycles. The fourth-order valence-electron chi connectivity index (χ4n) is 2.85. The molecule has 0 aliphatic rings. The SMILES string of the molecule is COc1ccc(S(=O)(=O)c2ccc(C(C)C)cc2-c2c(O)c(=O)c2=O)cc1. The molecule has 0 atom stereocenters. The second-order valence-electron chi connectivity index (χ2n) is 6.47. The van der Waals surface area contributed by atoms with Crippen LogP contribution in [0.15, 0.2) is 61.8 Å². The maximum absolute atomic E-state index is 13.1. The molecule has 3 aromatic carbocycles. The molecule has 0 unspecified atom stereocenters. The lowest BCUT2D eigenvalue weighted by Gasteiger charge is -2.16. The van der Waals surface area contributed by atoms with E-state index in [0.717, 1.165) is 5.56 Å². The third-order valence-corrected chi connectivity index (χ3v) is 6.31. The first kappa shape index (κ1) is 18.8. The number of benzene rings is 2. The minimum Gasteiger partial charge on any atom is -0.503 e. The zero-order valence-electron chi connectivity index (χ0n) is 15.0. The molecule has 0 aliphatic carbocycles. The average Bonchev–Trinajstić information content (AvgIpc) is 2.67. The van der Waals surface area contributed by atoms with Gasteiger partial charge in [0, 0.05) is 5.56 Å². The van der Waals surface area contributed by atoms with Gasteiger partial charge in [-0.05, 0) is 47.9 Å².